The molecule has 32 heavy (non-hydrogen) atoms. The van der Waals surface area contributed by atoms with Gasteiger partial charge in [-0.3, -0.25) is 14.6 Å². The molecule has 7 heteroatoms. The van der Waals surface area contributed by atoms with E-state index in [1.54, 1.807) is 47.6 Å². The minimum atomic E-state index is -0.685. The van der Waals surface area contributed by atoms with Crippen LogP contribution in [0.15, 0.2) is 54.4 Å². The first-order valence-electron chi connectivity index (χ1n) is 11.2. The first-order valence-corrected chi connectivity index (χ1v) is 11.2. The van der Waals surface area contributed by atoms with Crippen LogP contribution >= 0.6 is 0 Å². The summed E-state index contributed by atoms with van der Waals surface area (Å²) < 4.78 is 5.60. The number of pyridine rings is 1. The van der Waals surface area contributed by atoms with Gasteiger partial charge < -0.3 is 19.6 Å². The van der Waals surface area contributed by atoms with Gasteiger partial charge in [-0.05, 0) is 55.4 Å². The topological polar surface area (TPSA) is 83.0 Å². The summed E-state index contributed by atoms with van der Waals surface area (Å²) in [6.07, 6.45) is 4.17. The van der Waals surface area contributed by atoms with Gasteiger partial charge in [-0.2, -0.15) is 0 Å². The lowest BCUT2D eigenvalue weighted by Crippen LogP contribution is -2.38. The molecule has 2 heterocycles. The predicted molar refractivity (Wildman–Crippen MR) is 123 cm³/mol. The summed E-state index contributed by atoms with van der Waals surface area (Å²) in [4.78, 5) is 33.9. The van der Waals surface area contributed by atoms with Gasteiger partial charge in [0.2, 0.25) is 0 Å². The Kier molecular flexibility index (Phi) is 8.00. The minimum absolute atomic E-state index is 0.0878. The third kappa shape index (κ3) is 4.99. The molecule has 7 nitrogen and oxygen atoms in total. The van der Waals surface area contributed by atoms with Crippen molar-refractivity contribution in [1.29, 1.82) is 0 Å². The van der Waals surface area contributed by atoms with E-state index in [0.717, 1.165) is 19.5 Å². The molecule has 1 N–H and O–H groups in total. The Labute approximate surface area is 189 Å². The highest BCUT2D eigenvalue weighted by atomic mass is 16.5. The first-order chi connectivity index (χ1) is 15.5. The van der Waals surface area contributed by atoms with E-state index in [0.29, 0.717) is 36.6 Å². The van der Waals surface area contributed by atoms with Gasteiger partial charge in [0.15, 0.2) is 0 Å². The van der Waals surface area contributed by atoms with Crippen molar-refractivity contribution in [2.24, 2.45) is 0 Å². The second-order valence-electron chi connectivity index (χ2n) is 7.68. The van der Waals surface area contributed by atoms with Crippen LogP contribution in [-0.2, 0) is 9.59 Å². The average molecular weight is 438 g/mol. The van der Waals surface area contributed by atoms with Crippen molar-refractivity contribution in [3.05, 3.63) is 65.5 Å². The largest absolute Gasteiger partial charge is 0.507 e. The van der Waals surface area contributed by atoms with E-state index < -0.39 is 17.7 Å². The maximum absolute atomic E-state index is 13.0. The lowest BCUT2D eigenvalue weighted by molar-refractivity contribution is -0.140. The molecule has 0 spiro atoms. The minimum Gasteiger partial charge on any atom is -0.507 e. The molecule has 1 saturated heterocycles. The summed E-state index contributed by atoms with van der Waals surface area (Å²) >= 11 is 0. The number of aromatic nitrogens is 1. The summed E-state index contributed by atoms with van der Waals surface area (Å²) in [5, 5.41) is 11.1. The van der Waals surface area contributed by atoms with E-state index in [4.69, 9.17) is 4.74 Å². The molecule has 2 aromatic rings. The Hall–Kier alpha value is -3.19. The first kappa shape index (κ1) is 23.5. The number of aliphatic hydroxyl groups is 1. The summed E-state index contributed by atoms with van der Waals surface area (Å²) in [6.45, 7) is 9.47. The second-order valence-corrected chi connectivity index (χ2v) is 7.68. The number of aliphatic hydroxyl groups excluding tert-OH is 1. The quantitative estimate of drug-likeness (QED) is 0.347. The molecule has 0 saturated carbocycles. The number of likely N-dealkylation sites (N-methyl/N-ethyl adjacent to an activating group) is 1. The number of hydrogen-bond acceptors (Lipinski definition) is 6. The molecule has 1 aromatic carbocycles. The molecule has 0 radical (unpaired) electrons. The molecular formula is C25H31N3O4. The van der Waals surface area contributed by atoms with Crippen molar-refractivity contribution in [3.63, 3.8) is 0 Å². The number of carbonyl (C=O) groups is 2. The van der Waals surface area contributed by atoms with Gasteiger partial charge in [-0.1, -0.05) is 26.8 Å². The average Bonchev–Trinajstić information content (AvgIpc) is 3.08. The molecule has 0 aliphatic carbocycles. The van der Waals surface area contributed by atoms with Crippen molar-refractivity contribution >= 4 is 17.4 Å². The molecule has 1 aliphatic rings. The fraction of sp³-hybridized carbons (Fsp3) is 0.400. The number of hydrogen-bond donors (Lipinski definition) is 1. The maximum Gasteiger partial charge on any atom is 0.295 e. The number of likely N-dealkylation sites (tertiary alicyclic amines) is 1. The molecule has 0 bridgehead atoms. The Balaban J connectivity index is 2.00. The molecule has 1 aliphatic heterocycles. The zero-order chi connectivity index (χ0) is 23.1. The molecule has 1 aromatic heterocycles. The number of nitrogens with zero attached hydrogens (tertiary/aromatic N) is 3. The highest BCUT2D eigenvalue weighted by molar-refractivity contribution is 6.46. The smallest absolute Gasteiger partial charge is 0.295 e. The van der Waals surface area contributed by atoms with Gasteiger partial charge in [-0.15, -0.1) is 0 Å². The molecule has 170 valence electrons. The van der Waals surface area contributed by atoms with E-state index in [1.807, 2.05) is 13.0 Å². The monoisotopic (exact) mass is 437 g/mol. The Bertz CT molecular complexity index is 953. The van der Waals surface area contributed by atoms with Crippen LogP contribution < -0.4 is 4.74 Å². The molecule has 1 amide bonds. The predicted octanol–water partition coefficient (Wildman–Crippen LogP) is 3.63. The van der Waals surface area contributed by atoms with Crippen LogP contribution in [0, 0.1) is 0 Å². The van der Waals surface area contributed by atoms with E-state index >= 15 is 0 Å². The fourth-order valence-corrected chi connectivity index (χ4v) is 3.87. The highest BCUT2D eigenvalue weighted by Crippen LogP contribution is 2.39. The van der Waals surface area contributed by atoms with Crippen molar-refractivity contribution in [2.45, 2.75) is 33.2 Å². The number of amides is 1. The van der Waals surface area contributed by atoms with Gasteiger partial charge in [0.25, 0.3) is 11.7 Å². The Morgan fingerprint density at radius 3 is 2.44 bits per heavy atom. The standard InChI is InChI=1S/C25H31N3O4/c1-4-16-32-20-11-9-18(10-12-20)23(29)21-22(19-8-7-13-26-17-19)28(25(31)24(21)30)15-14-27(5-2)6-3/h7-13,17,22,29H,4-6,14-16H2,1-3H3. The molecule has 1 fully saturated rings. The summed E-state index contributed by atoms with van der Waals surface area (Å²) in [6, 6.07) is 9.80. The van der Waals surface area contributed by atoms with Crippen molar-refractivity contribution < 1.29 is 19.4 Å². The van der Waals surface area contributed by atoms with Crippen LogP contribution in [0.2, 0.25) is 0 Å². The van der Waals surface area contributed by atoms with Crippen LogP contribution in [0.3, 0.4) is 0 Å². The number of ether oxygens (including phenoxy) is 1. The lowest BCUT2D eigenvalue weighted by Gasteiger charge is -2.28. The van der Waals surface area contributed by atoms with Crippen LogP contribution in [0.4, 0.5) is 0 Å². The highest BCUT2D eigenvalue weighted by Gasteiger charge is 2.46. The molecule has 1 atom stereocenters. The lowest BCUT2D eigenvalue weighted by atomic mass is 9.96. The van der Waals surface area contributed by atoms with E-state index in [9.17, 15) is 14.7 Å². The number of rotatable bonds is 10. The number of carbonyl (C=O) groups excluding carboxylic acids is 2. The van der Waals surface area contributed by atoms with Crippen molar-refractivity contribution in [3.8, 4) is 5.75 Å². The zero-order valence-electron chi connectivity index (χ0n) is 19.0. The molecular weight excluding hydrogens is 406 g/mol. The second kappa shape index (κ2) is 10.9. The van der Waals surface area contributed by atoms with E-state index in [2.05, 4.69) is 23.7 Å². The van der Waals surface area contributed by atoms with E-state index in [1.165, 1.54) is 0 Å². The van der Waals surface area contributed by atoms with Crippen LogP contribution in [0.25, 0.3) is 5.76 Å². The summed E-state index contributed by atoms with van der Waals surface area (Å²) in [5.74, 6) is -0.783. The fourth-order valence-electron chi connectivity index (χ4n) is 3.87. The Morgan fingerprint density at radius 1 is 1.12 bits per heavy atom. The van der Waals surface area contributed by atoms with E-state index in [-0.39, 0.29) is 11.3 Å². The van der Waals surface area contributed by atoms with Gasteiger partial charge in [0.1, 0.15) is 11.5 Å². The SMILES string of the molecule is CCCOc1ccc(C(O)=C2C(=O)C(=O)N(CCN(CC)CC)C2c2cccnc2)cc1. The third-order valence-electron chi connectivity index (χ3n) is 5.69. The summed E-state index contributed by atoms with van der Waals surface area (Å²) in [7, 11) is 0. The Morgan fingerprint density at radius 2 is 1.84 bits per heavy atom. The maximum atomic E-state index is 13.0. The van der Waals surface area contributed by atoms with Crippen LogP contribution in [-0.4, -0.2) is 64.4 Å². The molecule has 1 unspecified atom stereocenters. The van der Waals surface area contributed by atoms with Crippen molar-refractivity contribution in [1.82, 2.24) is 14.8 Å². The van der Waals surface area contributed by atoms with Gasteiger partial charge in [0.05, 0.1) is 18.2 Å². The van der Waals surface area contributed by atoms with Gasteiger partial charge >= 0.3 is 0 Å². The third-order valence-corrected chi connectivity index (χ3v) is 5.69. The van der Waals surface area contributed by atoms with Crippen LogP contribution in [0.5, 0.6) is 5.75 Å². The molecule has 3 rings (SSSR count). The number of ketones is 1. The summed E-state index contributed by atoms with van der Waals surface area (Å²) in [5.41, 5.74) is 1.24. The normalized spacial score (nSPS) is 17.9. The number of benzene rings is 1. The zero-order valence-corrected chi connectivity index (χ0v) is 19.0. The van der Waals surface area contributed by atoms with Gasteiger partial charge in [0, 0.05) is 31.0 Å². The van der Waals surface area contributed by atoms with Gasteiger partial charge in [-0.25, -0.2) is 0 Å². The van der Waals surface area contributed by atoms with Crippen molar-refractivity contribution in [2.75, 3.05) is 32.8 Å². The van der Waals surface area contributed by atoms with Crippen LogP contribution in [0.1, 0.15) is 44.4 Å². The number of Topliss-reactive ketones (excluding diaryl/α,β-unsaturated/α-hetero) is 1.